The molecule has 0 heterocycles. The van der Waals surface area contributed by atoms with E-state index in [1.807, 2.05) is 0 Å². The molecule has 0 aliphatic carbocycles. The van der Waals surface area contributed by atoms with Gasteiger partial charge in [0, 0.05) is 22.3 Å². The lowest BCUT2D eigenvalue weighted by atomic mass is 9.79. The number of carboxylic acids is 1. The third kappa shape index (κ3) is 4.45. The quantitative estimate of drug-likeness (QED) is 0.714. The molecule has 1 aromatic carbocycles. The summed E-state index contributed by atoms with van der Waals surface area (Å²) in [5, 5.41) is 10.0. The van der Waals surface area contributed by atoms with Crippen LogP contribution in [0.5, 0.6) is 0 Å². The smallest absolute Gasteiger partial charge is 0.315 e. The number of carboxylic acid groups (broad SMARTS) is 1. The van der Waals surface area contributed by atoms with Crippen molar-refractivity contribution >= 4 is 75.6 Å². The van der Waals surface area contributed by atoms with Gasteiger partial charge in [-0.2, -0.15) is 0 Å². The maximum atomic E-state index is 11.6. The van der Waals surface area contributed by atoms with Crippen LogP contribution in [0.4, 0.5) is 0 Å². The van der Waals surface area contributed by atoms with Crippen LogP contribution in [0.2, 0.25) is 10.0 Å². The Morgan fingerprint density at radius 3 is 1.89 bits per heavy atom. The zero-order valence-electron chi connectivity index (χ0n) is 9.27. The molecule has 1 aromatic rings. The summed E-state index contributed by atoms with van der Waals surface area (Å²) in [7, 11) is 0. The lowest BCUT2D eigenvalue weighted by Gasteiger charge is -2.31. The Balaban J connectivity index is 3.42. The number of hydrogen-bond acceptors (Lipinski definition) is 1. The molecule has 1 rings (SSSR count). The van der Waals surface area contributed by atoms with Gasteiger partial charge in [-0.15, -0.1) is 11.6 Å². The first-order valence-corrected chi connectivity index (χ1v) is 7.36. The summed E-state index contributed by atoms with van der Waals surface area (Å²) in [4.78, 5) is 11.6. The molecule has 2 nitrogen and oxygen atoms in total. The number of carbonyl (C=O) groups is 1. The van der Waals surface area contributed by atoms with E-state index in [2.05, 4.69) is 0 Å². The van der Waals surface area contributed by atoms with Crippen molar-refractivity contribution < 1.29 is 9.90 Å². The minimum absolute atomic E-state index is 0.280. The third-order valence-electron chi connectivity index (χ3n) is 2.55. The zero-order valence-corrected chi connectivity index (χ0v) is 13.8. The molecule has 106 valence electrons. The third-order valence-corrected chi connectivity index (χ3v) is 3.85. The Labute approximate surface area is 140 Å². The summed E-state index contributed by atoms with van der Waals surface area (Å²) in [6, 6.07) is 4.36. The second-order valence-electron chi connectivity index (χ2n) is 3.97. The van der Waals surface area contributed by atoms with E-state index in [9.17, 15) is 9.90 Å². The molecule has 0 aliphatic heterocycles. The highest BCUT2D eigenvalue weighted by molar-refractivity contribution is 6.67. The van der Waals surface area contributed by atoms with Crippen LogP contribution >= 0.6 is 69.6 Å². The van der Waals surface area contributed by atoms with Gasteiger partial charge < -0.3 is 5.11 Å². The second-order valence-corrected chi connectivity index (χ2v) is 7.63. The minimum atomic E-state index is -1.78. The molecule has 0 aliphatic rings. The molecule has 8 heteroatoms. The van der Waals surface area contributed by atoms with Crippen LogP contribution in [0.1, 0.15) is 12.0 Å². The standard InChI is InChI=1S/C11H8Cl6O2/c12-5-10(9(18)19,4-11(15,16)17)6-1-7(13)3-8(14)2-6/h1-3H,4-5H2,(H,18,19). The molecule has 0 saturated carbocycles. The van der Waals surface area contributed by atoms with Crippen LogP contribution in [0.15, 0.2) is 18.2 Å². The molecule has 0 aromatic heterocycles. The van der Waals surface area contributed by atoms with Crippen molar-refractivity contribution in [3.8, 4) is 0 Å². The number of alkyl halides is 4. The molecule has 0 bridgehead atoms. The van der Waals surface area contributed by atoms with Crippen molar-refractivity contribution in [3.05, 3.63) is 33.8 Å². The second kappa shape index (κ2) is 6.46. The van der Waals surface area contributed by atoms with Gasteiger partial charge in [0.1, 0.15) is 5.41 Å². The van der Waals surface area contributed by atoms with Gasteiger partial charge in [-0.3, -0.25) is 4.79 Å². The molecule has 0 spiro atoms. The van der Waals surface area contributed by atoms with Crippen molar-refractivity contribution in [1.82, 2.24) is 0 Å². The molecular formula is C11H8Cl6O2. The van der Waals surface area contributed by atoms with E-state index in [0.29, 0.717) is 5.56 Å². The molecule has 19 heavy (non-hydrogen) atoms. The Bertz CT molecular complexity index is 464. The molecule has 1 atom stereocenters. The summed E-state index contributed by atoms with van der Waals surface area (Å²) < 4.78 is -1.78. The van der Waals surface area contributed by atoms with E-state index in [1.165, 1.54) is 18.2 Å². The summed E-state index contributed by atoms with van der Waals surface area (Å²) >= 11 is 34.7. The van der Waals surface area contributed by atoms with Crippen molar-refractivity contribution in [2.75, 3.05) is 5.88 Å². The van der Waals surface area contributed by atoms with Crippen molar-refractivity contribution in [1.29, 1.82) is 0 Å². The van der Waals surface area contributed by atoms with Crippen LogP contribution in [-0.2, 0) is 10.2 Å². The first-order chi connectivity index (χ1) is 8.60. The van der Waals surface area contributed by atoms with Gasteiger partial charge in [-0.05, 0) is 23.8 Å². The monoisotopic (exact) mass is 382 g/mol. The molecule has 0 radical (unpaired) electrons. The van der Waals surface area contributed by atoms with Crippen LogP contribution in [0.25, 0.3) is 0 Å². The topological polar surface area (TPSA) is 37.3 Å². The van der Waals surface area contributed by atoms with Gasteiger partial charge in [0.2, 0.25) is 0 Å². The lowest BCUT2D eigenvalue weighted by Crippen LogP contribution is -2.41. The number of hydrogen-bond donors (Lipinski definition) is 1. The van der Waals surface area contributed by atoms with Gasteiger partial charge in [0.05, 0.1) is 0 Å². The molecule has 1 unspecified atom stereocenters. The average Bonchev–Trinajstić information content (AvgIpc) is 2.22. The van der Waals surface area contributed by atoms with Crippen LogP contribution in [-0.4, -0.2) is 20.7 Å². The maximum Gasteiger partial charge on any atom is 0.315 e. The van der Waals surface area contributed by atoms with Gasteiger partial charge >= 0.3 is 5.97 Å². The summed E-state index contributed by atoms with van der Waals surface area (Å²) in [5.41, 5.74) is -1.29. The Morgan fingerprint density at radius 1 is 1.11 bits per heavy atom. The Hall–Kier alpha value is 0.430. The molecule has 1 N–H and O–H groups in total. The minimum Gasteiger partial charge on any atom is -0.481 e. The zero-order chi connectivity index (χ0) is 14.8. The van der Waals surface area contributed by atoms with Crippen molar-refractivity contribution in [2.45, 2.75) is 15.6 Å². The summed E-state index contributed by atoms with van der Waals surface area (Å²) in [5.74, 6) is -1.50. The summed E-state index contributed by atoms with van der Waals surface area (Å²) in [6.07, 6.45) is -0.305. The van der Waals surface area contributed by atoms with Gasteiger partial charge in [-0.25, -0.2) is 0 Å². The fourth-order valence-electron chi connectivity index (χ4n) is 1.66. The Morgan fingerprint density at radius 2 is 1.58 bits per heavy atom. The fourth-order valence-corrected chi connectivity index (χ4v) is 3.23. The number of benzene rings is 1. The van der Waals surface area contributed by atoms with E-state index in [4.69, 9.17) is 69.6 Å². The van der Waals surface area contributed by atoms with Crippen molar-refractivity contribution in [2.24, 2.45) is 0 Å². The highest BCUT2D eigenvalue weighted by atomic mass is 35.6. The predicted octanol–water partition coefficient (Wildman–Crippen LogP) is 5.31. The molecular weight excluding hydrogens is 377 g/mol. The van der Waals surface area contributed by atoms with Gasteiger partial charge in [0.15, 0.2) is 3.79 Å². The number of rotatable bonds is 4. The highest BCUT2D eigenvalue weighted by Gasteiger charge is 2.46. The van der Waals surface area contributed by atoms with Crippen LogP contribution in [0, 0.1) is 0 Å². The molecule has 0 amide bonds. The van der Waals surface area contributed by atoms with E-state index in [1.54, 1.807) is 0 Å². The SMILES string of the molecule is O=C(O)C(CCl)(CC(Cl)(Cl)Cl)c1cc(Cl)cc(Cl)c1. The van der Waals surface area contributed by atoms with E-state index in [0.717, 1.165) is 0 Å². The van der Waals surface area contributed by atoms with Crippen molar-refractivity contribution in [3.63, 3.8) is 0 Å². The Kier molecular flexibility index (Phi) is 5.95. The normalized spacial score (nSPS) is 15.1. The largest absolute Gasteiger partial charge is 0.481 e. The van der Waals surface area contributed by atoms with Crippen LogP contribution < -0.4 is 0 Å². The van der Waals surface area contributed by atoms with Gasteiger partial charge in [-0.1, -0.05) is 58.0 Å². The van der Waals surface area contributed by atoms with E-state index < -0.39 is 15.2 Å². The first-order valence-electron chi connectivity index (χ1n) is 4.93. The fraction of sp³-hybridized carbons (Fsp3) is 0.364. The van der Waals surface area contributed by atoms with E-state index >= 15 is 0 Å². The van der Waals surface area contributed by atoms with Gasteiger partial charge in [0.25, 0.3) is 0 Å². The maximum absolute atomic E-state index is 11.6. The summed E-state index contributed by atoms with van der Waals surface area (Å²) in [6.45, 7) is 0. The number of halogens is 6. The molecule has 0 fully saturated rings. The first kappa shape index (κ1) is 17.5. The molecule has 0 saturated heterocycles. The highest BCUT2D eigenvalue weighted by Crippen LogP contribution is 2.43. The average molecular weight is 385 g/mol. The van der Waals surface area contributed by atoms with Crippen LogP contribution in [0.3, 0.4) is 0 Å². The predicted molar refractivity (Wildman–Crippen MR) is 81.4 cm³/mol. The lowest BCUT2D eigenvalue weighted by molar-refractivity contribution is -0.143. The van der Waals surface area contributed by atoms with E-state index in [-0.39, 0.29) is 22.3 Å². The number of aliphatic carboxylic acids is 1.